The van der Waals surface area contributed by atoms with Crippen LogP contribution in [0.1, 0.15) is 0 Å². The molecule has 0 fully saturated rings. The minimum absolute atomic E-state index is 0.796. The zero-order valence-electron chi connectivity index (χ0n) is 4.47. The summed E-state index contributed by atoms with van der Waals surface area (Å²) in [7, 11) is 1.69. The van der Waals surface area contributed by atoms with Crippen molar-refractivity contribution in [3.05, 3.63) is 29.3 Å². The summed E-state index contributed by atoms with van der Waals surface area (Å²) < 4.78 is 0. The third-order valence-corrected chi connectivity index (χ3v) is 3.13. The molecular weight excluding hydrogens is 266 g/mol. The quantitative estimate of drug-likeness (QED) is 0.700. The van der Waals surface area contributed by atoms with Gasteiger partial charge in [0.25, 0.3) is 0 Å². The summed E-state index contributed by atoms with van der Waals surface area (Å²) in [6.45, 7) is 0. The van der Waals surface area contributed by atoms with Crippen LogP contribution in [0, 0.1) is 0 Å². The molecule has 0 heterocycles. The molecule has 9 heavy (non-hydrogen) atoms. The van der Waals surface area contributed by atoms with Crippen molar-refractivity contribution in [3.8, 4) is 0 Å². The highest BCUT2D eigenvalue weighted by Gasteiger charge is 1.88. The van der Waals surface area contributed by atoms with Gasteiger partial charge in [0.05, 0.1) is 0 Å². The largest absolute Gasteiger partial charge is 0.0843 e. The van der Waals surface area contributed by atoms with Crippen LogP contribution < -0.4 is 0 Å². The van der Waals surface area contributed by atoms with E-state index >= 15 is 0 Å². The topological polar surface area (TPSA) is 0 Å². The van der Waals surface area contributed by atoms with Gasteiger partial charge < -0.3 is 0 Å². The maximum atomic E-state index is 5.66. The lowest BCUT2D eigenvalue weighted by Crippen LogP contribution is -1.63. The summed E-state index contributed by atoms with van der Waals surface area (Å²) in [6, 6.07) is 7.78. The maximum Gasteiger partial charge on any atom is 0.0406 e. The van der Waals surface area contributed by atoms with Crippen molar-refractivity contribution in [2.45, 2.75) is 4.90 Å². The van der Waals surface area contributed by atoms with Crippen LogP contribution in [0.3, 0.4) is 0 Å². The van der Waals surface area contributed by atoms with Crippen LogP contribution in [0.5, 0.6) is 0 Å². The van der Waals surface area contributed by atoms with Gasteiger partial charge in [0.2, 0.25) is 0 Å². The van der Waals surface area contributed by atoms with E-state index < -0.39 is 0 Å². The fraction of sp³-hybridized carbons (Fsp3) is 0. The molecule has 0 atom stereocenters. The monoisotopic (exact) mass is 270 g/mol. The Labute approximate surface area is 75.6 Å². The summed E-state index contributed by atoms with van der Waals surface area (Å²) in [6.07, 6.45) is 0. The molecule has 1 rings (SSSR count). The molecular formula is C6H4ClIS. The molecule has 0 aliphatic heterocycles. The van der Waals surface area contributed by atoms with Crippen molar-refractivity contribution in [2.75, 3.05) is 0 Å². The van der Waals surface area contributed by atoms with Crippen LogP contribution in [0.15, 0.2) is 29.2 Å². The molecule has 0 aliphatic rings. The molecule has 1 aromatic carbocycles. The first-order valence-electron chi connectivity index (χ1n) is 2.37. The fourth-order valence-corrected chi connectivity index (χ4v) is 1.73. The van der Waals surface area contributed by atoms with Gasteiger partial charge in [0.15, 0.2) is 0 Å². The van der Waals surface area contributed by atoms with E-state index in [1.165, 1.54) is 4.90 Å². The van der Waals surface area contributed by atoms with Gasteiger partial charge in [-0.2, -0.15) is 0 Å². The number of hydrogen-bond donors (Lipinski definition) is 0. The van der Waals surface area contributed by atoms with Crippen molar-refractivity contribution in [1.29, 1.82) is 0 Å². The third kappa shape index (κ3) is 2.35. The predicted octanol–water partition coefficient (Wildman–Crippen LogP) is 3.78. The second-order valence-corrected chi connectivity index (χ2v) is 3.91. The Kier molecular flexibility index (Phi) is 3.15. The summed E-state index contributed by atoms with van der Waals surface area (Å²) in [5.41, 5.74) is 0. The van der Waals surface area contributed by atoms with E-state index in [9.17, 15) is 0 Å². The Bertz CT molecular complexity index is 185. The van der Waals surface area contributed by atoms with Crippen molar-refractivity contribution in [2.24, 2.45) is 0 Å². The highest BCUT2D eigenvalue weighted by Crippen LogP contribution is 2.25. The van der Waals surface area contributed by atoms with E-state index in [2.05, 4.69) is 21.2 Å². The summed E-state index contributed by atoms with van der Waals surface area (Å²) in [5, 5.41) is 0.796. The molecule has 0 N–H and O–H groups in total. The van der Waals surface area contributed by atoms with Gasteiger partial charge in [-0.1, -0.05) is 20.5 Å². The first kappa shape index (κ1) is 7.69. The molecule has 0 saturated heterocycles. The molecule has 0 unspecified atom stereocenters. The fourth-order valence-electron chi connectivity index (χ4n) is 0.486. The van der Waals surface area contributed by atoms with Gasteiger partial charge in [-0.05, 0) is 24.3 Å². The van der Waals surface area contributed by atoms with Gasteiger partial charge >= 0.3 is 0 Å². The van der Waals surface area contributed by atoms with Gasteiger partial charge in [0.1, 0.15) is 0 Å². The van der Waals surface area contributed by atoms with Crippen molar-refractivity contribution in [3.63, 3.8) is 0 Å². The van der Waals surface area contributed by atoms with Crippen LogP contribution in [-0.2, 0) is 0 Å². The third-order valence-electron chi connectivity index (χ3n) is 0.903. The molecule has 0 saturated carbocycles. The van der Waals surface area contributed by atoms with Crippen LogP contribution >= 0.6 is 41.7 Å². The van der Waals surface area contributed by atoms with Gasteiger partial charge in [-0.25, -0.2) is 0 Å². The standard InChI is InChI=1S/C6H4ClIS/c7-5-1-3-6(9-8)4-2-5/h1-4H. The van der Waals surface area contributed by atoms with Crippen LogP contribution in [0.2, 0.25) is 5.02 Å². The highest BCUT2D eigenvalue weighted by molar-refractivity contribution is 14.2. The highest BCUT2D eigenvalue weighted by atomic mass is 127. The number of halogens is 2. The number of benzene rings is 1. The zero-order chi connectivity index (χ0) is 6.69. The Morgan fingerprint density at radius 2 is 1.78 bits per heavy atom. The molecule has 0 aromatic heterocycles. The van der Waals surface area contributed by atoms with E-state index in [1.807, 2.05) is 24.3 Å². The average molecular weight is 271 g/mol. The van der Waals surface area contributed by atoms with E-state index in [-0.39, 0.29) is 0 Å². The van der Waals surface area contributed by atoms with Crippen molar-refractivity contribution < 1.29 is 0 Å². The molecule has 48 valence electrons. The SMILES string of the molecule is Clc1ccc(SI)cc1. The lowest BCUT2D eigenvalue weighted by molar-refractivity contribution is 1.48. The molecule has 1 aromatic rings. The minimum Gasteiger partial charge on any atom is -0.0843 e. The average Bonchev–Trinajstić information content (AvgIpc) is 1.90. The molecule has 0 spiro atoms. The Morgan fingerprint density at radius 1 is 1.22 bits per heavy atom. The Hall–Kier alpha value is 0.590. The Balaban J connectivity index is 2.88. The molecule has 0 radical (unpaired) electrons. The lowest BCUT2D eigenvalue weighted by atomic mass is 10.4. The Morgan fingerprint density at radius 3 is 2.22 bits per heavy atom. The lowest BCUT2D eigenvalue weighted by Gasteiger charge is -1.91. The van der Waals surface area contributed by atoms with E-state index in [1.54, 1.807) is 8.93 Å². The zero-order valence-corrected chi connectivity index (χ0v) is 8.20. The van der Waals surface area contributed by atoms with E-state index in [4.69, 9.17) is 11.6 Å². The van der Waals surface area contributed by atoms with Crippen molar-refractivity contribution >= 4 is 41.7 Å². The van der Waals surface area contributed by atoms with E-state index in [0.29, 0.717) is 0 Å². The first-order valence-corrected chi connectivity index (χ1v) is 6.11. The van der Waals surface area contributed by atoms with Crippen LogP contribution in [0.25, 0.3) is 0 Å². The number of rotatable bonds is 1. The second kappa shape index (κ2) is 3.68. The van der Waals surface area contributed by atoms with Crippen molar-refractivity contribution in [1.82, 2.24) is 0 Å². The van der Waals surface area contributed by atoms with Gasteiger partial charge in [-0.3, -0.25) is 0 Å². The first-order chi connectivity index (χ1) is 4.33. The number of hydrogen-bond acceptors (Lipinski definition) is 1. The molecule has 0 amide bonds. The maximum absolute atomic E-state index is 5.66. The second-order valence-electron chi connectivity index (χ2n) is 1.53. The predicted molar refractivity (Wildman–Crippen MR) is 51.3 cm³/mol. The van der Waals surface area contributed by atoms with E-state index in [0.717, 1.165) is 5.02 Å². The normalized spacial score (nSPS) is 9.56. The van der Waals surface area contributed by atoms with Gasteiger partial charge in [-0.15, -0.1) is 0 Å². The minimum atomic E-state index is 0.796. The van der Waals surface area contributed by atoms with Crippen LogP contribution in [0.4, 0.5) is 0 Å². The van der Waals surface area contributed by atoms with Crippen LogP contribution in [-0.4, -0.2) is 0 Å². The summed E-state index contributed by atoms with van der Waals surface area (Å²) >= 11 is 7.90. The summed E-state index contributed by atoms with van der Waals surface area (Å²) in [5.74, 6) is 0. The summed E-state index contributed by atoms with van der Waals surface area (Å²) in [4.78, 5) is 1.24. The molecule has 0 nitrogen and oxygen atoms in total. The molecule has 3 heteroatoms. The molecule has 0 aliphatic carbocycles. The van der Waals surface area contributed by atoms with Gasteiger partial charge in [0, 0.05) is 31.1 Å². The molecule has 0 bridgehead atoms. The smallest absolute Gasteiger partial charge is 0.0406 e.